The second-order valence-corrected chi connectivity index (χ2v) is 9.37. The number of hydrogen-bond acceptors (Lipinski definition) is 4. The van der Waals surface area contributed by atoms with Crippen molar-refractivity contribution in [1.82, 2.24) is 0 Å². The molecule has 5 nitrogen and oxygen atoms in total. The zero-order chi connectivity index (χ0) is 21.6. The van der Waals surface area contributed by atoms with Crippen LogP contribution < -0.4 is 0 Å². The molecule has 0 aliphatic rings. The highest BCUT2D eigenvalue weighted by molar-refractivity contribution is 7.87. The van der Waals surface area contributed by atoms with Gasteiger partial charge in [-0.3, -0.25) is 4.55 Å². The number of halogens is 4. The van der Waals surface area contributed by atoms with Crippen molar-refractivity contribution in [3.05, 3.63) is 91.4 Å². The molecule has 0 aliphatic heterocycles. The van der Waals surface area contributed by atoms with Crippen LogP contribution in [0.25, 0.3) is 0 Å². The van der Waals surface area contributed by atoms with Crippen molar-refractivity contribution in [3.63, 3.8) is 0 Å². The molecule has 3 aromatic carbocycles. The molecule has 1 atom stereocenters. The highest BCUT2D eigenvalue weighted by atomic mass is 35.5. The lowest BCUT2D eigenvalue weighted by atomic mass is 9.83. The number of benzene rings is 3. The topological polar surface area (TPSA) is 94.8 Å². The van der Waals surface area contributed by atoms with E-state index >= 15 is 0 Å². The Balaban J connectivity index is 2.61. The first-order valence-electron chi connectivity index (χ1n) is 7.89. The fourth-order valence-corrected chi connectivity index (χ4v) is 5.57. The second-order valence-electron chi connectivity index (χ2n) is 6.12. The number of phenolic OH excluding ortho intramolecular Hbond substituents is 2. The number of aromatic hydroxyl groups is 2. The molecule has 3 rings (SSSR count). The number of hydrogen-bond donors (Lipinski definition) is 3. The molecule has 0 amide bonds. The van der Waals surface area contributed by atoms with Crippen LogP contribution in [-0.4, -0.2) is 23.2 Å². The molecule has 0 radical (unpaired) electrons. The molecular formula is C19H12Cl4O5S. The Morgan fingerprint density at radius 2 is 1.34 bits per heavy atom. The van der Waals surface area contributed by atoms with Crippen molar-refractivity contribution in [2.75, 3.05) is 0 Å². The van der Waals surface area contributed by atoms with E-state index in [4.69, 9.17) is 46.4 Å². The fourth-order valence-electron chi connectivity index (χ4n) is 3.21. The van der Waals surface area contributed by atoms with Gasteiger partial charge in [0.15, 0.2) is 16.2 Å². The van der Waals surface area contributed by atoms with E-state index < -0.39 is 31.4 Å². The zero-order valence-corrected chi connectivity index (χ0v) is 18.1. The summed E-state index contributed by atoms with van der Waals surface area (Å²) in [5.41, 5.74) is -0.276. The quantitative estimate of drug-likeness (QED) is 0.239. The molecule has 0 spiro atoms. The molecule has 0 aromatic heterocycles. The fraction of sp³-hybridized carbons (Fsp3) is 0.0526. The van der Waals surface area contributed by atoms with Crippen LogP contribution in [0.15, 0.2) is 54.6 Å². The third-order valence-corrected chi connectivity index (χ3v) is 6.88. The summed E-state index contributed by atoms with van der Waals surface area (Å²) in [5.74, 6) is -1.33. The van der Waals surface area contributed by atoms with Crippen LogP contribution in [0, 0.1) is 0 Å². The van der Waals surface area contributed by atoms with E-state index in [1.54, 1.807) is 0 Å². The highest BCUT2D eigenvalue weighted by Gasteiger charge is 2.50. The van der Waals surface area contributed by atoms with Gasteiger partial charge >= 0.3 is 0 Å². The Kier molecular flexibility index (Phi) is 5.98. The lowest BCUT2D eigenvalue weighted by Gasteiger charge is -2.33. The molecule has 1 unspecified atom stereocenters. The van der Waals surface area contributed by atoms with Crippen LogP contribution in [0.4, 0.5) is 0 Å². The van der Waals surface area contributed by atoms with Gasteiger partial charge in [-0.05, 0) is 47.5 Å². The van der Waals surface area contributed by atoms with Crippen LogP contribution in [-0.2, 0) is 14.9 Å². The molecule has 0 fully saturated rings. The van der Waals surface area contributed by atoms with Crippen LogP contribution in [0.3, 0.4) is 0 Å². The first-order valence-corrected chi connectivity index (χ1v) is 10.8. The molecule has 0 saturated heterocycles. The monoisotopic (exact) mass is 492 g/mol. The van der Waals surface area contributed by atoms with Gasteiger partial charge < -0.3 is 10.2 Å². The molecule has 29 heavy (non-hydrogen) atoms. The van der Waals surface area contributed by atoms with Crippen LogP contribution in [0.2, 0.25) is 20.1 Å². The minimum absolute atomic E-state index is 0.0119. The van der Waals surface area contributed by atoms with Gasteiger partial charge in [-0.15, -0.1) is 0 Å². The SMILES string of the molecule is O=S(=O)(O)C(c1cccc(Cl)c1)(c1cc(Cl)cc(Cl)c1)c1ccc(O)c(O)c1Cl. The van der Waals surface area contributed by atoms with Crippen molar-refractivity contribution >= 4 is 56.5 Å². The minimum atomic E-state index is -5.04. The highest BCUT2D eigenvalue weighted by Crippen LogP contribution is 2.50. The van der Waals surface area contributed by atoms with Gasteiger partial charge in [0.2, 0.25) is 0 Å². The summed E-state index contributed by atoms with van der Waals surface area (Å²) in [4.78, 5) is 0. The Hall–Kier alpha value is -1.67. The Morgan fingerprint density at radius 1 is 0.759 bits per heavy atom. The Labute approximate surface area is 186 Å². The predicted octanol–water partition coefficient (Wildman–Crippen LogP) is 5.89. The summed E-state index contributed by atoms with van der Waals surface area (Å²) in [5, 5.41) is 19.8. The first-order chi connectivity index (χ1) is 13.5. The third kappa shape index (κ3) is 3.77. The lowest BCUT2D eigenvalue weighted by molar-refractivity contribution is 0.402. The summed E-state index contributed by atoms with van der Waals surface area (Å²) in [6.45, 7) is 0. The average Bonchev–Trinajstić information content (AvgIpc) is 2.60. The smallest absolute Gasteiger partial charge is 0.283 e. The second kappa shape index (κ2) is 7.87. The van der Waals surface area contributed by atoms with E-state index in [0.29, 0.717) is 0 Å². The van der Waals surface area contributed by atoms with E-state index in [0.717, 1.165) is 6.07 Å². The van der Waals surface area contributed by atoms with Crippen molar-refractivity contribution in [2.45, 2.75) is 4.75 Å². The number of phenols is 2. The largest absolute Gasteiger partial charge is 0.504 e. The van der Waals surface area contributed by atoms with Crippen molar-refractivity contribution < 1.29 is 23.2 Å². The summed E-state index contributed by atoms with van der Waals surface area (Å²) in [7, 11) is -5.04. The van der Waals surface area contributed by atoms with Gasteiger partial charge in [-0.2, -0.15) is 8.42 Å². The summed E-state index contributed by atoms with van der Waals surface area (Å²) in [6, 6.07) is 11.9. The zero-order valence-electron chi connectivity index (χ0n) is 14.3. The van der Waals surface area contributed by atoms with Crippen LogP contribution >= 0.6 is 46.4 Å². The summed E-state index contributed by atoms with van der Waals surface area (Å²) >= 11 is 24.5. The Bertz CT molecular complexity index is 1190. The molecular weight excluding hydrogens is 482 g/mol. The van der Waals surface area contributed by atoms with Crippen LogP contribution in [0.5, 0.6) is 11.5 Å². The molecule has 0 bridgehead atoms. The van der Waals surface area contributed by atoms with Gasteiger partial charge in [-0.1, -0.05) is 64.6 Å². The molecule has 0 saturated carbocycles. The maximum absolute atomic E-state index is 13.0. The van der Waals surface area contributed by atoms with Crippen molar-refractivity contribution in [3.8, 4) is 11.5 Å². The van der Waals surface area contributed by atoms with Gasteiger partial charge in [-0.25, -0.2) is 0 Å². The van der Waals surface area contributed by atoms with Crippen molar-refractivity contribution in [1.29, 1.82) is 0 Å². The summed E-state index contributed by atoms with van der Waals surface area (Å²) < 4.78 is 34.0. The molecule has 152 valence electrons. The molecule has 3 aromatic rings. The van der Waals surface area contributed by atoms with Crippen molar-refractivity contribution in [2.24, 2.45) is 0 Å². The minimum Gasteiger partial charge on any atom is -0.504 e. The van der Waals surface area contributed by atoms with E-state index in [2.05, 4.69) is 0 Å². The van der Waals surface area contributed by atoms with Gasteiger partial charge in [0.1, 0.15) is 0 Å². The molecule has 10 heteroatoms. The lowest BCUT2D eigenvalue weighted by Crippen LogP contribution is -2.38. The van der Waals surface area contributed by atoms with E-state index in [1.165, 1.54) is 48.5 Å². The molecule has 0 aliphatic carbocycles. The van der Waals surface area contributed by atoms with Gasteiger partial charge in [0, 0.05) is 20.6 Å². The maximum Gasteiger partial charge on any atom is 0.283 e. The van der Waals surface area contributed by atoms with Crippen LogP contribution in [0.1, 0.15) is 16.7 Å². The van der Waals surface area contributed by atoms with E-state index in [1.807, 2.05) is 0 Å². The normalized spacial score (nSPS) is 13.8. The number of rotatable bonds is 4. The predicted molar refractivity (Wildman–Crippen MR) is 114 cm³/mol. The summed E-state index contributed by atoms with van der Waals surface area (Å²) in [6.07, 6.45) is 0. The maximum atomic E-state index is 13.0. The Morgan fingerprint density at radius 3 is 1.90 bits per heavy atom. The van der Waals surface area contributed by atoms with Gasteiger partial charge in [0.25, 0.3) is 10.1 Å². The van der Waals surface area contributed by atoms with E-state index in [9.17, 15) is 23.2 Å². The third-order valence-electron chi connectivity index (χ3n) is 4.36. The first kappa shape index (κ1) is 22.0. The average molecular weight is 494 g/mol. The molecule has 3 N–H and O–H groups in total. The standard InChI is InChI=1S/C19H12Cl4O5S/c20-12-3-1-2-10(6-12)19(29(26,27)28,11-7-13(21)9-14(22)8-11)15-4-5-16(24)18(25)17(15)23/h1-9,24-25H,(H,26,27,28). The van der Waals surface area contributed by atoms with E-state index in [-0.39, 0.29) is 31.8 Å². The van der Waals surface area contributed by atoms with Gasteiger partial charge in [0.05, 0.1) is 5.02 Å². The molecule has 0 heterocycles.